The molecule has 0 radical (unpaired) electrons. The minimum absolute atomic E-state index is 0.348. The molecule has 5 nitrogen and oxygen atoms in total. The topological polar surface area (TPSA) is 87.1 Å². The molecule has 1 fully saturated rings. The highest BCUT2D eigenvalue weighted by molar-refractivity contribution is 7.11. The van der Waals surface area contributed by atoms with E-state index < -0.39 is 5.54 Å². The van der Waals surface area contributed by atoms with Crippen LogP contribution in [0.25, 0.3) is 11.1 Å². The van der Waals surface area contributed by atoms with E-state index in [4.69, 9.17) is 10.7 Å². The first-order valence-corrected chi connectivity index (χ1v) is 11.6. The highest BCUT2D eigenvalue weighted by atomic mass is 32.1. The zero-order valence-corrected chi connectivity index (χ0v) is 18.7. The molecular weight excluding hydrogens is 421 g/mol. The van der Waals surface area contributed by atoms with Crippen LogP contribution >= 0.6 is 11.3 Å². The first-order valence-electron chi connectivity index (χ1n) is 10.8. The van der Waals surface area contributed by atoms with Crippen molar-refractivity contribution in [2.24, 2.45) is 10.7 Å². The molecule has 1 atom stereocenters. The van der Waals surface area contributed by atoms with Crippen molar-refractivity contribution in [2.75, 3.05) is 19.6 Å². The monoisotopic (exact) mass is 445 g/mol. The molecule has 1 aromatic heterocycles. The lowest BCUT2D eigenvalue weighted by atomic mass is 9.81. The molecular formula is C25H24FN5S. The minimum Gasteiger partial charge on any atom is -0.317 e. The summed E-state index contributed by atoms with van der Waals surface area (Å²) in [5.74, 6) is 0.0993. The van der Waals surface area contributed by atoms with Gasteiger partial charge in [0.15, 0.2) is 0 Å². The van der Waals surface area contributed by atoms with Gasteiger partial charge in [0.2, 0.25) is 0 Å². The number of hydrogen-bond acceptors (Lipinski definition) is 6. The van der Waals surface area contributed by atoms with E-state index in [-0.39, 0.29) is 5.82 Å². The highest BCUT2D eigenvalue weighted by Crippen LogP contribution is 2.41. The SMILES string of the molecule is Cc1cccc(F)c1-c1cc2c(cc1C#N)C=NCC2(N)c1cnc(C2CCNCC2)s1. The van der Waals surface area contributed by atoms with Crippen molar-refractivity contribution in [2.45, 2.75) is 31.2 Å². The molecule has 2 aromatic carbocycles. The number of nitrogens with zero attached hydrogens (tertiary/aromatic N) is 3. The van der Waals surface area contributed by atoms with E-state index in [9.17, 15) is 9.65 Å². The zero-order valence-electron chi connectivity index (χ0n) is 17.9. The summed E-state index contributed by atoms with van der Waals surface area (Å²) in [7, 11) is 0. The maximum atomic E-state index is 14.8. The lowest BCUT2D eigenvalue weighted by Gasteiger charge is -2.32. The number of piperidine rings is 1. The van der Waals surface area contributed by atoms with Crippen LogP contribution in [0.2, 0.25) is 0 Å². The normalized spacial score (nSPS) is 20.7. The molecule has 3 aromatic rings. The van der Waals surface area contributed by atoms with E-state index in [1.54, 1.807) is 29.7 Å². The third-order valence-electron chi connectivity index (χ3n) is 6.50. The van der Waals surface area contributed by atoms with Gasteiger partial charge in [0, 0.05) is 29.5 Å². The van der Waals surface area contributed by atoms with E-state index in [2.05, 4.69) is 16.4 Å². The van der Waals surface area contributed by atoms with Gasteiger partial charge < -0.3 is 11.1 Å². The molecule has 0 spiro atoms. The van der Waals surface area contributed by atoms with Crippen LogP contribution in [0.5, 0.6) is 0 Å². The second-order valence-corrected chi connectivity index (χ2v) is 9.62. The van der Waals surface area contributed by atoms with Gasteiger partial charge in [-0.05, 0) is 67.7 Å². The number of benzene rings is 2. The van der Waals surface area contributed by atoms with Crippen LogP contribution in [0, 0.1) is 24.1 Å². The highest BCUT2D eigenvalue weighted by Gasteiger charge is 2.37. The molecule has 3 N–H and O–H groups in total. The van der Waals surface area contributed by atoms with Gasteiger partial charge in [-0.3, -0.25) is 4.99 Å². The first kappa shape index (κ1) is 21.0. The molecule has 0 bridgehead atoms. The van der Waals surface area contributed by atoms with E-state index in [0.29, 0.717) is 29.2 Å². The van der Waals surface area contributed by atoms with Gasteiger partial charge in [0.1, 0.15) is 5.82 Å². The van der Waals surface area contributed by atoms with E-state index in [0.717, 1.165) is 52.5 Å². The summed E-state index contributed by atoms with van der Waals surface area (Å²) in [5, 5.41) is 14.3. The van der Waals surface area contributed by atoms with Gasteiger partial charge >= 0.3 is 0 Å². The Kier molecular flexibility index (Phi) is 5.38. The number of nitriles is 1. The number of halogens is 1. The molecule has 0 aliphatic carbocycles. The van der Waals surface area contributed by atoms with E-state index in [1.807, 2.05) is 25.3 Å². The van der Waals surface area contributed by atoms with Crippen molar-refractivity contribution in [3.05, 3.63) is 74.5 Å². The molecule has 3 heterocycles. The van der Waals surface area contributed by atoms with Crippen LogP contribution < -0.4 is 11.1 Å². The number of aryl methyl sites for hydroxylation is 1. The molecule has 0 saturated carbocycles. The fourth-order valence-electron chi connectivity index (χ4n) is 4.72. The number of aliphatic imine (C=N–C) groups is 1. The summed E-state index contributed by atoms with van der Waals surface area (Å²) in [4.78, 5) is 10.2. The third kappa shape index (κ3) is 3.45. The van der Waals surface area contributed by atoms with Crippen molar-refractivity contribution < 1.29 is 4.39 Å². The summed E-state index contributed by atoms with van der Waals surface area (Å²) >= 11 is 1.65. The summed E-state index contributed by atoms with van der Waals surface area (Å²) in [6.07, 6.45) is 5.77. The average molecular weight is 446 g/mol. The Bertz CT molecular complexity index is 1230. The fourth-order valence-corrected chi connectivity index (χ4v) is 5.91. The minimum atomic E-state index is -0.866. The van der Waals surface area contributed by atoms with Gasteiger partial charge in [-0.15, -0.1) is 11.3 Å². The molecule has 2 aliphatic heterocycles. The van der Waals surface area contributed by atoms with Crippen LogP contribution in [-0.2, 0) is 5.54 Å². The Morgan fingerprint density at radius 2 is 2.09 bits per heavy atom. The van der Waals surface area contributed by atoms with Crippen LogP contribution in [-0.4, -0.2) is 30.8 Å². The second kappa shape index (κ2) is 8.21. The lowest BCUT2D eigenvalue weighted by molar-refractivity contribution is 0.459. The van der Waals surface area contributed by atoms with Crippen molar-refractivity contribution >= 4 is 17.6 Å². The number of thiazole rings is 1. The molecule has 5 rings (SSSR count). The quantitative estimate of drug-likeness (QED) is 0.632. The van der Waals surface area contributed by atoms with Crippen molar-refractivity contribution in [3.8, 4) is 17.2 Å². The Morgan fingerprint density at radius 3 is 2.84 bits per heavy atom. The predicted octanol–water partition coefficient (Wildman–Crippen LogP) is 4.23. The number of nitrogens with two attached hydrogens (primary N) is 1. The number of rotatable bonds is 3. The van der Waals surface area contributed by atoms with Crippen LogP contribution in [0.3, 0.4) is 0 Å². The van der Waals surface area contributed by atoms with Gasteiger partial charge in [0.05, 0.1) is 33.6 Å². The van der Waals surface area contributed by atoms with E-state index in [1.165, 1.54) is 6.07 Å². The van der Waals surface area contributed by atoms with Crippen molar-refractivity contribution in [1.82, 2.24) is 10.3 Å². The Hall–Kier alpha value is -2.92. The summed E-state index contributed by atoms with van der Waals surface area (Å²) in [6.45, 7) is 4.24. The largest absolute Gasteiger partial charge is 0.317 e. The molecule has 1 saturated heterocycles. The summed E-state index contributed by atoms with van der Waals surface area (Å²) in [6, 6.07) is 10.8. The second-order valence-electron chi connectivity index (χ2n) is 8.56. The molecule has 162 valence electrons. The van der Waals surface area contributed by atoms with Gasteiger partial charge in [-0.2, -0.15) is 5.26 Å². The smallest absolute Gasteiger partial charge is 0.131 e. The van der Waals surface area contributed by atoms with Gasteiger partial charge in [-0.25, -0.2) is 9.37 Å². The standard InChI is InChI=1S/C25H24FN5S/c1-15-3-2-4-21(26)23(15)19-10-20-18(9-17(19)11-27)12-30-14-25(20,28)22-13-31-24(32-22)16-5-7-29-8-6-16/h2-4,9-10,12-13,16,29H,5-8,14,28H2,1H3. The fraction of sp³-hybridized carbons (Fsp3) is 0.320. The van der Waals surface area contributed by atoms with Crippen molar-refractivity contribution in [1.29, 1.82) is 5.26 Å². The summed E-state index contributed by atoms with van der Waals surface area (Å²) in [5.41, 5.74) is 9.99. The van der Waals surface area contributed by atoms with Crippen molar-refractivity contribution in [3.63, 3.8) is 0 Å². The Morgan fingerprint density at radius 1 is 1.28 bits per heavy atom. The molecule has 32 heavy (non-hydrogen) atoms. The molecule has 2 aliphatic rings. The predicted molar refractivity (Wildman–Crippen MR) is 126 cm³/mol. The van der Waals surface area contributed by atoms with Crippen LogP contribution in [0.15, 0.2) is 41.5 Å². The lowest BCUT2D eigenvalue weighted by Crippen LogP contribution is -2.43. The van der Waals surface area contributed by atoms with Crippen LogP contribution in [0.4, 0.5) is 4.39 Å². The van der Waals surface area contributed by atoms with E-state index >= 15 is 0 Å². The Labute approximate surface area is 190 Å². The molecule has 1 unspecified atom stereocenters. The number of nitrogens with one attached hydrogen (secondary N) is 1. The zero-order chi connectivity index (χ0) is 22.3. The van der Waals surface area contributed by atoms with Gasteiger partial charge in [0.25, 0.3) is 0 Å². The maximum Gasteiger partial charge on any atom is 0.131 e. The number of aromatic nitrogens is 1. The number of fused-ring (bicyclic) bond motifs is 1. The average Bonchev–Trinajstić information content (AvgIpc) is 3.31. The first-order chi connectivity index (χ1) is 15.5. The summed E-state index contributed by atoms with van der Waals surface area (Å²) < 4.78 is 14.8. The van der Waals surface area contributed by atoms with Crippen LogP contribution in [0.1, 0.15) is 50.9 Å². The number of hydrogen-bond donors (Lipinski definition) is 2. The van der Waals surface area contributed by atoms with Gasteiger partial charge in [-0.1, -0.05) is 12.1 Å². The third-order valence-corrected chi connectivity index (χ3v) is 7.84. The maximum absolute atomic E-state index is 14.8. The Balaban J connectivity index is 1.64. The molecule has 7 heteroatoms. The molecule has 0 amide bonds.